The van der Waals surface area contributed by atoms with Gasteiger partial charge in [0.1, 0.15) is 0 Å². The molecular formula is C18H29N3. The normalized spacial score (nSPS) is 34.7. The SMILES string of the molecule is CCC1CN(C2CC(C)c3ccccc3C2N)CCN1C. The second kappa shape index (κ2) is 6.07. The number of piperazine rings is 1. The molecule has 3 rings (SSSR count). The van der Waals surface area contributed by atoms with Gasteiger partial charge in [0, 0.05) is 37.8 Å². The van der Waals surface area contributed by atoms with Crippen LogP contribution in [0.25, 0.3) is 0 Å². The highest BCUT2D eigenvalue weighted by Gasteiger charge is 2.36. The van der Waals surface area contributed by atoms with Crippen molar-refractivity contribution in [3.05, 3.63) is 35.4 Å². The smallest absolute Gasteiger partial charge is 0.0456 e. The summed E-state index contributed by atoms with van der Waals surface area (Å²) in [7, 11) is 2.25. The van der Waals surface area contributed by atoms with Gasteiger partial charge in [0.25, 0.3) is 0 Å². The third-order valence-electron chi connectivity index (χ3n) is 5.64. The molecule has 1 aromatic rings. The lowest BCUT2D eigenvalue weighted by Crippen LogP contribution is -2.57. The van der Waals surface area contributed by atoms with Gasteiger partial charge in [0.05, 0.1) is 0 Å². The number of hydrogen-bond donors (Lipinski definition) is 1. The van der Waals surface area contributed by atoms with Crippen molar-refractivity contribution in [1.82, 2.24) is 9.80 Å². The van der Waals surface area contributed by atoms with Gasteiger partial charge in [-0.1, -0.05) is 38.1 Å². The van der Waals surface area contributed by atoms with E-state index < -0.39 is 0 Å². The summed E-state index contributed by atoms with van der Waals surface area (Å²) in [5, 5.41) is 0. The van der Waals surface area contributed by atoms with E-state index in [0.717, 1.165) is 13.1 Å². The van der Waals surface area contributed by atoms with Crippen molar-refractivity contribution >= 4 is 0 Å². The Morgan fingerprint density at radius 1 is 1.19 bits per heavy atom. The molecule has 0 aromatic heterocycles. The largest absolute Gasteiger partial charge is 0.323 e. The molecule has 2 aliphatic rings. The molecule has 1 aromatic carbocycles. The van der Waals surface area contributed by atoms with Crippen molar-refractivity contribution < 1.29 is 0 Å². The third kappa shape index (κ3) is 2.75. The number of hydrogen-bond acceptors (Lipinski definition) is 3. The van der Waals surface area contributed by atoms with Crippen molar-refractivity contribution in [2.24, 2.45) is 5.73 Å². The maximum absolute atomic E-state index is 6.65. The Hall–Kier alpha value is -0.900. The molecule has 1 saturated heterocycles. The van der Waals surface area contributed by atoms with Crippen LogP contribution < -0.4 is 5.73 Å². The van der Waals surface area contributed by atoms with Gasteiger partial charge in [0.2, 0.25) is 0 Å². The van der Waals surface area contributed by atoms with Crippen LogP contribution in [0.1, 0.15) is 49.8 Å². The maximum atomic E-state index is 6.65. The van der Waals surface area contributed by atoms with Crippen LogP contribution in [0.4, 0.5) is 0 Å². The number of rotatable bonds is 2. The van der Waals surface area contributed by atoms with Crippen LogP contribution in [-0.2, 0) is 0 Å². The number of nitrogens with zero attached hydrogens (tertiary/aromatic N) is 2. The van der Waals surface area contributed by atoms with Crippen LogP contribution in [0.5, 0.6) is 0 Å². The average Bonchev–Trinajstić information content (AvgIpc) is 2.51. The van der Waals surface area contributed by atoms with E-state index in [0.29, 0.717) is 18.0 Å². The molecule has 0 spiro atoms. The molecule has 4 atom stereocenters. The molecule has 1 heterocycles. The second-order valence-corrected chi connectivity index (χ2v) is 6.90. The summed E-state index contributed by atoms with van der Waals surface area (Å²) in [4.78, 5) is 5.16. The molecule has 2 N–H and O–H groups in total. The Morgan fingerprint density at radius 2 is 1.90 bits per heavy atom. The van der Waals surface area contributed by atoms with Gasteiger partial charge < -0.3 is 10.6 Å². The van der Waals surface area contributed by atoms with Gasteiger partial charge in [-0.3, -0.25) is 4.90 Å². The molecule has 21 heavy (non-hydrogen) atoms. The maximum Gasteiger partial charge on any atom is 0.0456 e. The van der Waals surface area contributed by atoms with Crippen molar-refractivity contribution in [2.75, 3.05) is 26.7 Å². The van der Waals surface area contributed by atoms with Gasteiger partial charge in [0.15, 0.2) is 0 Å². The van der Waals surface area contributed by atoms with E-state index in [1.807, 2.05) is 0 Å². The van der Waals surface area contributed by atoms with E-state index in [9.17, 15) is 0 Å². The van der Waals surface area contributed by atoms with Crippen LogP contribution in [0, 0.1) is 0 Å². The first-order valence-corrected chi connectivity index (χ1v) is 8.40. The summed E-state index contributed by atoms with van der Waals surface area (Å²) in [6, 6.07) is 10.1. The van der Waals surface area contributed by atoms with Gasteiger partial charge in [-0.2, -0.15) is 0 Å². The summed E-state index contributed by atoms with van der Waals surface area (Å²) in [6.07, 6.45) is 2.42. The Kier molecular flexibility index (Phi) is 4.34. The van der Waals surface area contributed by atoms with Crippen molar-refractivity contribution in [3.63, 3.8) is 0 Å². The molecule has 3 nitrogen and oxygen atoms in total. The van der Waals surface area contributed by atoms with Crippen molar-refractivity contribution in [1.29, 1.82) is 0 Å². The highest BCUT2D eigenvalue weighted by atomic mass is 15.3. The number of benzene rings is 1. The first-order chi connectivity index (χ1) is 10.1. The average molecular weight is 287 g/mol. The van der Waals surface area contributed by atoms with Gasteiger partial charge in [-0.05, 0) is 36.9 Å². The summed E-state index contributed by atoms with van der Waals surface area (Å²) in [5.74, 6) is 0.616. The molecule has 0 bridgehead atoms. The van der Waals surface area contributed by atoms with Gasteiger partial charge in [-0.15, -0.1) is 0 Å². The molecule has 0 saturated carbocycles. The van der Waals surface area contributed by atoms with Crippen LogP contribution in [-0.4, -0.2) is 48.6 Å². The van der Waals surface area contributed by atoms with Crippen molar-refractivity contribution in [3.8, 4) is 0 Å². The molecule has 1 aliphatic carbocycles. The first-order valence-electron chi connectivity index (χ1n) is 8.40. The molecular weight excluding hydrogens is 258 g/mol. The fourth-order valence-corrected chi connectivity index (χ4v) is 4.19. The third-order valence-corrected chi connectivity index (χ3v) is 5.64. The lowest BCUT2D eigenvalue weighted by Gasteiger charge is -2.47. The molecule has 1 fully saturated rings. The molecule has 4 unspecified atom stereocenters. The number of likely N-dealkylation sites (N-methyl/N-ethyl adjacent to an activating group) is 1. The minimum atomic E-state index is 0.165. The fourth-order valence-electron chi connectivity index (χ4n) is 4.19. The molecule has 1 aliphatic heterocycles. The second-order valence-electron chi connectivity index (χ2n) is 6.90. The van der Waals surface area contributed by atoms with E-state index >= 15 is 0 Å². The van der Waals surface area contributed by atoms with Crippen molar-refractivity contribution in [2.45, 2.75) is 50.7 Å². The molecule has 0 radical (unpaired) electrons. The molecule has 3 heteroatoms. The highest BCUT2D eigenvalue weighted by molar-refractivity contribution is 5.36. The summed E-state index contributed by atoms with van der Waals surface area (Å²) in [5.41, 5.74) is 9.48. The predicted octanol–water partition coefficient (Wildman–Crippen LogP) is 2.59. The van der Waals surface area contributed by atoms with Crippen LogP contribution in [0.15, 0.2) is 24.3 Å². The Morgan fingerprint density at radius 3 is 2.62 bits per heavy atom. The standard InChI is InChI=1S/C18H29N3/c1-4-14-12-21(10-9-20(14)3)17-11-13(2)15-7-5-6-8-16(15)18(17)19/h5-8,13-14,17-18H,4,9-12,19H2,1-3H3. The number of fused-ring (bicyclic) bond motifs is 1. The number of nitrogens with two attached hydrogens (primary N) is 1. The van der Waals surface area contributed by atoms with Gasteiger partial charge >= 0.3 is 0 Å². The Bertz CT molecular complexity index is 487. The van der Waals surface area contributed by atoms with Crippen LogP contribution in [0.2, 0.25) is 0 Å². The topological polar surface area (TPSA) is 32.5 Å². The first kappa shape index (κ1) is 15.0. The zero-order valence-electron chi connectivity index (χ0n) is 13.6. The van der Waals surface area contributed by atoms with Crippen LogP contribution >= 0.6 is 0 Å². The lowest BCUT2D eigenvalue weighted by atomic mass is 9.77. The monoisotopic (exact) mass is 287 g/mol. The van der Waals surface area contributed by atoms with E-state index in [-0.39, 0.29) is 6.04 Å². The summed E-state index contributed by atoms with van der Waals surface area (Å²) >= 11 is 0. The van der Waals surface area contributed by atoms with Gasteiger partial charge in [-0.25, -0.2) is 0 Å². The van der Waals surface area contributed by atoms with E-state index in [1.54, 1.807) is 0 Å². The minimum absolute atomic E-state index is 0.165. The summed E-state index contributed by atoms with van der Waals surface area (Å²) in [6.45, 7) is 8.13. The minimum Gasteiger partial charge on any atom is -0.323 e. The van der Waals surface area contributed by atoms with E-state index in [2.05, 4.69) is 55.0 Å². The molecule has 0 amide bonds. The fraction of sp³-hybridized carbons (Fsp3) is 0.667. The highest BCUT2D eigenvalue weighted by Crippen LogP contribution is 2.38. The zero-order valence-corrected chi connectivity index (χ0v) is 13.6. The van der Waals surface area contributed by atoms with Crippen LogP contribution in [0.3, 0.4) is 0 Å². The van der Waals surface area contributed by atoms with E-state index in [1.165, 1.54) is 30.5 Å². The zero-order chi connectivity index (χ0) is 15.0. The Labute approximate surface area is 129 Å². The van der Waals surface area contributed by atoms with E-state index in [4.69, 9.17) is 5.73 Å². The quantitative estimate of drug-likeness (QED) is 0.907. The summed E-state index contributed by atoms with van der Waals surface area (Å²) < 4.78 is 0. The Balaban J connectivity index is 1.81. The predicted molar refractivity (Wildman–Crippen MR) is 88.5 cm³/mol. The lowest BCUT2D eigenvalue weighted by molar-refractivity contribution is 0.0450. The molecule has 116 valence electrons.